The quantitative estimate of drug-likeness (QED) is 0.826. The molecular formula is C10H13BrN2. The van der Waals surface area contributed by atoms with Gasteiger partial charge in [-0.05, 0) is 40.9 Å². The Hall–Kier alpha value is -0.670. The number of rotatable bonds is 3. The summed E-state index contributed by atoms with van der Waals surface area (Å²) in [4.78, 5) is 3.98. The zero-order valence-corrected chi connectivity index (χ0v) is 9.21. The Morgan fingerprint density at radius 3 is 3.00 bits per heavy atom. The van der Waals surface area contributed by atoms with Gasteiger partial charge in [-0.2, -0.15) is 0 Å². The summed E-state index contributed by atoms with van der Waals surface area (Å²) in [6, 6.07) is 1.94. The molecule has 0 aliphatic carbocycles. The lowest BCUT2D eigenvalue weighted by atomic mass is 10.0. The highest BCUT2D eigenvalue weighted by Crippen LogP contribution is 2.24. The third-order valence-electron chi connectivity index (χ3n) is 1.77. The molecule has 1 heterocycles. The van der Waals surface area contributed by atoms with E-state index in [9.17, 15) is 0 Å². The normalized spacial score (nSPS) is 12.5. The van der Waals surface area contributed by atoms with E-state index in [0.29, 0.717) is 0 Å². The van der Waals surface area contributed by atoms with Crippen molar-refractivity contribution in [2.24, 2.45) is 5.73 Å². The summed E-state index contributed by atoms with van der Waals surface area (Å²) < 4.78 is 0.962. The van der Waals surface area contributed by atoms with E-state index in [1.807, 2.05) is 13.0 Å². The molecule has 13 heavy (non-hydrogen) atoms. The van der Waals surface area contributed by atoms with E-state index < -0.39 is 0 Å². The maximum absolute atomic E-state index is 5.98. The van der Waals surface area contributed by atoms with Crippen LogP contribution < -0.4 is 5.73 Å². The molecule has 1 rings (SSSR count). The highest BCUT2D eigenvalue weighted by molar-refractivity contribution is 9.10. The predicted molar refractivity (Wildman–Crippen MR) is 58.3 cm³/mol. The Labute approximate surface area is 87.0 Å². The summed E-state index contributed by atoms with van der Waals surface area (Å²) in [7, 11) is 0. The monoisotopic (exact) mass is 240 g/mol. The van der Waals surface area contributed by atoms with Crippen molar-refractivity contribution in [2.45, 2.75) is 19.4 Å². The lowest BCUT2D eigenvalue weighted by Gasteiger charge is -2.12. The SMILES string of the molecule is C=C(C)CC(N)c1ccncc1Br. The van der Waals surface area contributed by atoms with E-state index in [-0.39, 0.29) is 6.04 Å². The highest BCUT2D eigenvalue weighted by Gasteiger charge is 2.08. The van der Waals surface area contributed by atoms with Gasteiger partial charge < -0.3 is 5.73 Å². The Balaban J connectivity index is 2.82. The smallest absolute Gasteiger partial charge is 0.0413 e. The molecule has 0 aromatic carbocycles. The minimum absolute atomic E-state index is 0.00914. The minimum atomic E-state index is 0.00914. The van der Waals surface area contributed by atoms with Gasteiger partial charge in [-0.3, -0.25) is 4.98 Å². The van der Waals surface area contributed by atoms with Gasteiger partial charge in [0.1, 0.15) is 0 Å². The molecule has 0 aliphatic rings. The Morgan fingerprint density at radius 1 is 1.77 bits per heavy atom. The van der Waals surface area contributed by atoms with Crippen LogP contribution in [0.1, 0.15) is 24.9 Å². The summed E-state index contributed by atoms with van der Waals surface area (Å²) in [6.45, 7) is 5.82. The summed E-state index contributed by atoms with van der Waals surface area (Å²) in [5.74, 6) is 0. The van der Waals surface area contributed by atoms with Crippen LogP contribution in [-0.4, -0.2) is 4.98 Å². The van der Waals surface area contributed by atoms with Crippen LogP contribution in [0.2, 0.25) is 0 Å². The van der Waals surface area contributed by atoms with Gasteiger partial charge in [0.05, 0.1) is 0 Å². The highest BCUT2D eigenvalue weighted by atomic mass is 79.9. The second kappa shape index (κ2) is 4.53. The number of nitrogens with zero attached hydrogens (tertiary/aromatic N) is 1. The van der Waals surface area contributed by atoms with Crippen LogP contribution in [0.15, 0.2) is 35.1 Å². The van der Waals surface area contributed by atoms with Crippen LogP contribution in [0.25, 0.3) is 0 Å². The number of halogens is 1. The first-order valence-corrected chi connectivity index (χ1v) is 4.90. The lowest BCUT2D eigenvalue weighted by molar-refractivity contribution is 0.712. The minimum Gasteiger partial charge on any atom is -0.324 e. The van der Waals surface area contributed by atoms with E-state index in [0.717, 1.165) is 22.0 Å². The van der Waals surface area contributed by atoms with Crippen molar-refractivity contribution < 1.29 is 0 Å². The van der Waals surface area contributed by atoms with Gasteiger partial charge in [0.25, 0.3) is 0 Å². The van der Waals surface area contributed by atoms with Crippen molar-refractivity contribution in [3.63, 3.8) is 0 Å². The van der Waals surface area contributed by atoms with Crippen LogP contribution in [0.3, 0.4) is 0 Å². The van der Waals surface area contributed by atoms with Gasteiger partial charge in [-0.1, -0.05) is 5.57 Å². The van der Waals surface area contributed by atoms with Crippen molar-refractivity contribution in [3.8, 4) is 0 Å². The molecule has 0 spiro atoms. The van der Waals surface area contributed by atoms with E-state index in [1.54, 1.807) is 12.4 Å². The number of aromatic nitrogens is 1. The number of hydrogen-bond acceptors (Lipinski definition) is 2. The van der Waals surface area contributed by atoms with Gasteiger partial charge in [0.2, 0.25) is 0 Å². The predicted octanol–water partition coefficient (Wildman–Crippen LogP) is 2.81. The van der Waals surface area contributed by atoms with E-state index >= 15 is 0 Å². The molecule has 0 bridgehead atoms. The molecule has 0 aliphatic heterocycles. The molecule has 0 fully saturated rings. The summed E-state index contributed by atoms with van der Waals surface area (Å²) in [5, 5.41) is 0. The molecule has 0 radical (unpaired) electrons. The molecule has 1 unspecified atom stereocenters. The molecule has 1 aromatic heterocycles. The van der Waals surface area contributed by atoms with Crippen LogP contribution in [0.4, 0.5) is 0 Å². The fourth-order valence-electron chi connectivity index (χ4n) is 1.17. The first kappa shape index (κ1) is 10.4. The lowest BCUT2D eigenvalue weighted by Crippen LogP contribution is -2.11. The molecule has 0 amide bonds. The molecular weight excluding hydrogens is 228 g/mol. The summed E-state index contributed by atoms with van der Waals surface area (Å²) in [6.07, 6.45) is 4.31. The number of nitrogens with two attached hydrogens (primary N) is 1. The fraction of sp³-hybridized carbons (Fsp3) is 0.300. The summed E-state index contributed by atoms with van der Waals surface area (Å²) in [5.41, 5.74) is 8.15. The Morgan fingerprint density at radius 2 is 2.46 bits per heavy atom. The standard InChI is InChI=1S/C10H13BrN2/c1-7(2)5-10(12)8-3-4-13-6-9(8)11/h3-4,6,10H,1,5,12H2,2H3. The average molecular weight is 241 g/mol. The van der Waals surface area contributed by atoms with Crippen LogP contribution in [-0.2, 0) is 0 Å². The third-order valence-corrected chi connectivity index (χ3v) is 2.43. The number of hydrogen-bond donors (Lipinski definition) is 1. The Bertz CT molecular complexity index is 310. The van der Waals surface area contributed by atoms with Gasteiger partial charge in [0, 0.05) is 22.9 Å². The van der Waals surface area contributed by atoms with Crippen molar-refractivity contribution in [1.82, 2.24) is 4.98 Å². The van der Waals surface area contributed by atoms with Crippen LogP contribution in [0.5, 0.6) is 0 Å². The topological polar surface area (TPSA) is 38.9 Å². The van der Waals surface area contributed by atoms with E-state index in [2.05, 4.69) is 27.5 Å². The number of pyridine rings is 1. The van der Waals surface area contributed by atoms with Gasteiger partial charge >= 0.3 is 0 Å². The van der Waals surface area contributed by atoms with Crippen molar-refractivity contribution in [3.05, 3.63) is 40.6 Å². The zero-order valence-electron chi connectivity index (χ0n) is 7.63. The maximum atomic E-state index is 5.98. The molecule has 0 saturated carbocycles. The van der Waals surface area contributed by atoms with Crippen molar-refractivity contribution in [1.29, 1.82) is 0 Å². The van der Waals surface area contributed by atoms with Crippen molar-refractivity contribution in [2.75, 3.05) is 0 Å². The van der Waals surface area contributed by atoms with Gasteiger partial charge in [-0.25, -0.2) is 0 Å². The second-order valence-electron chi connectivity index (χ2n) is 3.16. The molecule has 70 valence electrons. The molecule has 2 N–H and O–H groups in total. The summed E-state index contributed by atoms with van der Waals surface area (Å²) >= 11 is 3.41. The van der Waals surface area contributed by atoms with Crippen LogP contribution >= 0.6 is 15.9 Å². The first-order chi connectivity index (χ1) is 6.11. The first-order valence-electron chi connectivity index (χ1n) is 4.10. The molecule has 3 heteroatoms. The largest absolute Gasteiger partial charge is 0.324 e. The molecule has 1 aromatic rings. The third kappa shape index (κ3) is 2.94. The zero-order chi connectivity index (χ0) is 9.84. The molecule has 0 saturated heterocycles. The molecule has 1 atom stereocenters. The second-order valence-corrected chi connectivity index (χ2v) is 4.02. The van der Waals surface area contributed by atoms with Crippen LogP contribution in [0, 0.1) is 0 Å². The van der Waals surface area contributed by atoms with Gasteiger partial charge in [0.15, 0.2) is 0 Å². The van der Waals surface area contributed by atoms with Crippen molar-refractivity contribution >= 4 is 15.9 Å². The molecule has 2 nitrogen and oxygen atoms in total. The van der Waals surface area contributed by atoms with Gasteiger partial charge in [-0.15, -0.1) is 6.58 Å². The average Bonchev–Trinajstić information content (AvgIpc) is 2.03. The van der Waals surface area contributed by atoms with E-state index in [4.69, 9.17) is 5.73 Å². The fourth-order valence-corrected chi connectivity index (χ4v) is 1.72. The maximum Gasteiger partial charge on any atom is 0.0413 e. The van der Waals surface area contributed by atoms with E-state index in [1.165, 1.54) is 0 Å². The Kier molecular flexibility index (Phi) is 3.63.